The van der Waals surface area contributed by atoms with Crippen molar-refractivity contribution in [3.05, 3.63) is 101 Å². The maximum Gasteiger partial charge on any atom is 0.355 e. The molecule has 4 saturated carbocycles. The first-order valence-electron chi connectivity index (χ1n) is 19.4. The van der Waals surface area contributed by atoms with Crippen LogP contribution < -0.4 is 15.1 Å². The lowest BCUT2D eigenvalue weighted by molar-refractivity contribution is -0.0659. The van der Waals surface area contributed by atoms with Gasteiger partial charge in [0.1, 0.15) is 11.9 Å². The summed E-state index contributed by atoms with van der Waals surface area (Å²) in [5.74, 6) is 1.72. The summed E-state index contributed by atoms with van der Waals surface area (Å²) in [5, 5.41) is 24.8. The number of benzene rings is 3. The highest BCUT2D eigenvalue weighted by atomic mass is 32.1. The van der Waals surface area contributed by atoms with Gasteiger partial charge in [-0.3, -0.25) is 10.1 Å². The third-order valence-corrected chi connectivity index (χ3v) is 14.2. The number of anilines is 3. The topological polar surface area (TPSA) is 122 Å². The molecule has 3 aromatic carbocycles. The van der Waals surface area contributed by atoms with Crippen molar-refractivity contribution < 1.29 is 14.7 Å². The fourth-order valence-corrected chi connectivity index (χ4v) is 12.3. The molecule has 4 heterocycles. The number of rotatable bonds is 7. The summed E-state index contributed by atoms with van der Waals surface area (Å²) >= 11 is 1.44. The number of amides is 1. The summed E-state index contributed by atoms with van der Waals surface area (Å²) in [6.07, 6.45) is 11.1. The predicted octanol–water partition coefficient (Wildman–Crippen LogP) is 8.93. The molecule has 1 atom stereocenters. The second kappa shape index (κ2) is 12.9. The normalized spacial score (nSPS) is 25.5. The number of hydrogen-bond acceptors (Lipinski definition) is 8. The Balaban J connectivity index is 0.944. The van der Waals surface area contributed by atoms with Crippen molar-refractivity contribution in [1.82, 2.24) is 9.97 Å². The predicted molar refractivity (Wildman–Crippen MR) is 211 cm³/mol. The number of carboxylic acids is 1. The van der Waals surface area contributed by atoms with Gasteiger partial charge in [0, 0.05) is 42.4 Å². The Kier molecular flexibility index (Phi) is 7.99. The van der Waals surface area contributed by atoms with Gasteiger partial charge in [0.2, 0.25) is 0 Å². The second-order valence-electron chi connectivity index (χ2n) is 16.4. The number of nitrogens with zero attached hydrogens (tertiary/aromatic N) is 5. The van der Waals surface area contributed by atoms with Crippen molar-refractivity contribution >= 4 is 50.1 Å². The lowest BCUT2D eigenvalue weighted by Gasteiger charge is -2.60. The van der Waals surface area contributed by atoms with E-state index in [9.17, 15) is 20.0 Å². The van der Waals surface area contributed by atoms with Gasteiger partial charge < -0.3 is 14.9 Å². The van der Waals surface area contributed by atoms with Crippen LogP contribution in [0.2, 0.25) is 0 Å². The van der Waals surface area contributed by atoms with E-state index in [4.69, 9.17) is 4.98 Å². The molecular formula is C44H42N6O3S. The molecule has 5 aromatic rings. The summed E-state index contributed by atoms with van der Waals surface area (Å²) in [5.41, 5.74) is 6.15. The first-order valence-corrected chi connectivity index (χ1v) is 20.2. The lowest BCUT2D eigenvalue weighted by Crippen LogP contribution is -2.55. The van der Waals surface area contributed by atoms with Gasteiger partial charge in [-0.05, 0) is 128 Å². The quantitative estimate of drug-likeness (QED) is 0.170. The van der Waals surface area contributed by atoms with E-state index in [0.29, 0.717) is 64.2 Å². The Morgan fingerprint density at radius 3 is 2.43 bits per heavy atom. The van der Waals surface area contributed by atoms with E-state index in [2.05, 4.69) is 27.3 Å². The zero-order valence-electron chi connectivity index (χ0n) is 30.1. The van der Waals surface area contributed by atoms with E-state index in [-0.39, 0.29) is 11.6 Å². The minimum atomic E-state index is -1.14. The SMILES string of the molecule is N#Cc1c(-c2ccc(N3CCc4cccc(C(=O)Nc5nc6ccccc6s5)c4C3)nc2C(=O)O)cccc1N1CCCC1C12CC3CC(CC(C3)C1)C2. The minimum absolute atomic E-state index is 0.0760. The molecule has 2 N–H and O–H groups in total. The largest absolute Gasteiger partial charge is 0.476 e. The molecule has 0 spiro atoms. The zero-order valence-corrected chi connectivity index (χ0v) is 30.9. The number of nitrogens with one attached hydrogen (secondary N) is 1. The first-order chi connectivity index (χ1) is 26.4. The van der Waals surface area contributed by atoms with Crippen LogP contribution in [-0.2, 0) is 13.0 Å². The van der Waals surface area contributed by atoms with Gasteiger partial charge >= 0.3 is 5.97 Å². The number of thiazole rings is 1. The number of para-hydroxylation sites is 1. The van der Waals surface area contributed by atoms with Crippen LogP contribution >= 0.6 is 11.3 Å². The maximum absolute atomic E-state index is 13.6. The Morgan fingerprint density at radius 2 is 1.67 bits per heavy atom. The number of fused-ring (bicyclic) bond motifs is 2. The van der Waals surface area contributed by atoms with Crippen molar-refractivity contribution in [2.24, 2.45) is 23.2 Å². The smallest absolute Gasteiger partial charge is 0.355 e. The van der Waals surface area contributed by atoms with Crippen molar-refractivity contribution in [3.8, 4) is 17.2 Å². The van der Waals surface area contributed by atoms with Gasteiger partial charge in [0.15, 0.2) is 10.8 Å². The van der Waals surface area contributed by atoms with Crippen LogP contribution in [0.3, 0.4) is 0 Å². The lowest BCUT2D eigenvalue weighted by atomic mass is 9.47. The Labute approximate surface area is 318 Å². The Bertz CT molecular complexity index is 2310. The number of aromatic carboxylic acids is 1. The number of nitriles is 1. The monoisotopic (exact) mass is 734 g/mol. The fraction of sp³-hybridized carbons (Fsp3) is 0.386. The van der Waals surface area contributed by atoms with E-state index in [1.54, 1.807) is 0 Å². The molecule has 272 valence electrons. The van der Waals surface area contributed by atoms with Gasteiger partial charge in [0.05, 0.1) is 21.5 Å². The molecule has 0 radical (unpaired) electrons. The third-order valence-electron chi connectivity index (χ3n) is 13.2. The van der Waals surface area contributed by atoms with E-state index in [0.717, 1.165) is 64.2 Å². The molecule has 2 aromatic heterocycles. The number of aromatic nitrogens is 2. The number of carboxylic acid groups (broad SMARTS) is 1. The number of pyridine rings is 1. The number of carbonyl (C=O) groups is 2. The summed E-state index contributed by atoms with van der Waals surface area (Å²) < 4.78 is 1.00. The van der Waals surface area contributed by atoms with Crippen LogP contribution in [0.25, 0.3) is 21.3 Å². The highest BCUT2D eigenvalue weighted by Crippen LogP contribution is 2.63. The fourth-order valence-electron chi connectivity index (χ4n) is 11.5. The van der Waals surface area contributed by atoms with E-state index < -0.39 is 5.97 Å². The third kappa shape index (κ3) is 5.55. The molecule has 2 aliphatic heterocycles. The molecule has 1 amide bonds. The summed E-state index contributed by atoms with van der Waals surface area (Å²) in [4.78, 5) is 40.4. The van der Waals surface area contributed by atoms with Crippen molar-refractivity contribution in [1.29, 1.82) is 5.26 Å². The van der Waals surface area contributed by atoms with Gasteiger partial charge in [-0.1, -0.05) is 47.7 Å². The average Bonchev–Trinajstić information content (AvgIpc) is 3.84. The molecule has 6 aliphatic rings. The Hall–Kier alpha value is -5.27. The van der Waals surface area contributed by atoms with Crippen LogP contribution in [0.4, 0.5) is 16.6 Å². The zero-order chi connectivity index (χ0) is 36.6. The Morgan fingerprint density at radius 1 is 0.889 bits per heavy atom. The molecule has 4 bridgehead atoms. The first kappa shape index (κ1) is 33.3. The molecule has 4 aliphatic carbocycles. The molecule has 54 heavy (non-hydrogen) atoms. The van der Waals surface area contributed by atoms with Crippen LogP contribution in [0.1, 0.15) is 88.9 Å². The molecule has 11 rings (SSSR count). The van der Waals surface area contributed by atoms with Crippen molar-refractivity contribution in [2.75, 3.05) is 28.2 Å². The van der Waals surface area contributed by atoms with Gasteiger partial charge in [0.25, 0.3) is 5.91 Å². The highest BCUT2D eigenvalue weighted by Gasteiger charge is 2.56. The van der Waals surface area contributed by atoms with E-state index in [1.807, 2.05) is 71.6 Å². The van der Waals surface area contributed by atoms with Crippen LogP contribution in [0.5, 0.6) is 0 Å². The number of hydrogen-bond donors (Lipinski definition) is 2. The summed E-state index contributed by atoms with van der Waals surface area (Å²) in [6.45, 7) is 1.95. The van der Waals surface area contributed by atoms with Gasteiger partial charge in [-0.15, -0.1) is 0 Å². The van der Waals surface area contributed by atoms with Crippen LogP contribution in [-0.4, -0.2) is 46.1 Å². The average molecular weight is 735 g/mol. The van der Waals surface area contributed by atoms with Gasteiger partial charge in [-0.25, -0.2) is 14.8 Å². The molecular weight excluding hydrogens is 693 g/mol. The minimum Gasteiger partial charge on any atom is -0.476 e. The standard InChI is InChI=1S/C44H42N6O3S/c45-24-33-30(7-4-10-36(33)50-16-5-12-38(50)44-21-26-18-27(22-44)20-28(19-26)23-44)31-13-14-39(47-40(31)42(52)53)49-17-15-29-6-3-8-32(34(29)25-49)41(51)48-43-46-35-9-1-2-11-37(35)54-43/h1-4,6-11,13-14,26-28,38H,5,12,15-23,25H2,(H,52,53)(H,46,48,51). The van der Waals surface area contributed by atoms with Crippen molar-refractivity contribution in [2.45, 2.75) is 70.4 Å². The van der Waals surface area contributed by atoms with Crippen molar-refractivity contribution in [3.63, 3.8) is 0 Å². The van der Waals surface area contributed by atoms with E-state index >= 15 is 0 Å². The molecule has 1 unspecified atom stereocenters. The number of carbonyl (C=O) groups excluding carboxylic acids is 1. The second-order valence-corrected chi connectivity index (χ2v) is 17.4. The molecule has 10 heteroatoms. The highest BCUT2D eigenvalue weighted by molar-refractivity contribution is 7.22. The maximum atomic E-state index is 13.6. The summed E-state index contributed by atoms with van der Waals surface area (Å²) in [6, 6.07) is 26.1. The van der Waals surface area contributed by atoms with E-state index in [1.165, 1.54) is 49.9 Å². The molecule has 9 nitrogen and oxygen atoms in total. The van der Waals surface area contributed by atoms with Crippen LogP contribution in [0.15, 0.2) is 72.8 Å². The van der Waals surface area contributed by atoms with Gasteiger partial charge in [-0.2, -0.15) is 5.26 Å². The molecule has 1 saturated heterocycles. The molecule has 5 fully saturated rings. The van der Waals surface area contributed by atoms with Crippen LogP contribution in [0, 0.1) is 34.5 Å². The summed E-state index contributed by atoms with van der Waals surface area (Å²) in [7, 11) is 0.